The molecule has 1 aromatic carbocycles. The van der Waals surface area contributed by atoms with E-state index in [1.807, 2.05) is 30.3 Å². The highest BCUT2D eigenvalue weighted by atomic mass is 16.5. The lowest BCUT2D eigenvalue weighted by Gasteiger charge is -2.48. The first-order chi connectivity index (χ1) is 13.8. The number of nitrogens with zero attached hydrogens (tertiary/aromatic N) is 2. The molecule has 1 saturated carbocycles. The number of ether oxygens (including phenoxy) is 1. The van der Waals surface area contributed by atoms with Crippen LogP contribution >= 0.6 is 0 Å². The second-order valence-electron chi connectivity index (χ2n) is 7.74. The lowest BCUT2D eigenvalue weighted by molar-refractivity contribution is -0.0356. The summed E-state index contributed by atoms with van der Waals surface area (Å²) in [6.45, 7) is 4.18. The Morgan fingerprint density at radius 2 is 1.86 bits per heavy atom. The molecule has 0 radical (unpaired) electrons. The van der Waals surface area contributed by atoms with Crippen LogP contribution in [0.3, 0.4) is 0 Å². The topological polar surface area (TPSA) is 82.3 Å². The Morgan fingerprint density at radius 3 is 2.54 bits per heavy atom. The average molecular weight is 383 g/mol. The molecule has 0 bridgehead atoms. The van der Waals surface area contributed by atoms with E-state index in [1.54, 1.807) is 6.20 Å². The number of rotatable bonds is 5. The molecule has 1 saturated heterocycles. The number of H-pyrrole nitrogens is 1. The van der Waals surface area contributed by atoms with Crippen LogP contribution in [-0.4, -0.2) is 59.5 Å². The van der Waals surface area contributed by atoms with Crippen molar-refractivity contribution in [3.8, 4) is 11.3 Å². The molecule has 1 aliphatic carbocycles. The number of anilines is 1. The number of morpholine rings is 1. The fourth-order valence-corrected chi connectivity index (χ4v) is 4.42. The van der Waals surface area contributed by atoms with E-state index in [4.69, 9.17) is 4.74 Å². The van der Waals surface area contributed by atoms with Gasteiger partial charge in [0, 0.05) is 37.1 Å². The summed E-state index contributed by atoms with van der Waals surface area (Å²) in [6, 6.07) is 9.54. The van der Waals surface area contributed by atoms with Gasteiger partial charge in [0.2, 0.25) is 0 Å². The fraction of sp³-hybridized carbons (Fsp3) is 0.524. The number of hydrogen-bond donors (Lipinski definition) is 3. The molecule has 7 heteroatoms. The Labute approximate surface area is 165 Å². The van der Waals surface area contributed by atoms with Gasteiger partial charge >= 0.3 is 6.03 Å². The number of amides is 2. The third-order valence-corrected chi connectivity index (χ3v) is 6.00. The van der Waals surface area contributed by atoms with Crippen LogP contribution in [0.1, 0.15) is 32.1 Å². The van der Waals surface area contributed by atoms with Crippen LogP contribution in [0.4, 0.5) is 10.5 Å². The molecule has 0 spiro atoms. The predicted molar refractivity (Wildman–Crippen MR) is 109 cm³/mol. The van der Waals surface area contributed by atoms with Crippen LogP contribution in [0.5, 0.6) is 0 Å². The van der Waals surface area contributed by atoms with E-state index >= 15 is 0 Å². The van der Waals surface area contributed by atoms with Crippen molar-refractivity contribution in [2.75, 3.05) is 38.2 Å². The highest BCUT2D eigenvalue weighted by Gasteiger charge is 2.38. The van der Waals surface area contributed by atoms with Crippen LogP contribution in [0, 0.1) is 0 Å². The molecule has 1 aliphatic heterocycles. The summed E-state index contributed by atoms with van der Waals surface area (Å²) < 4.78 is 5.53. The van der Waals surface area contributed by atoms with Crippen molar-refractivity contribution in [2.45, 2.75) is 37.6 Å². The van der Waals surface area contributed by atoms with Crippen LogP contribution in [-0.2, 0) is 4.74 Å². The van der Waals surface area contributed by atoms with Gasteiger partial charge in [-0.1, -0.05) is 31.4 Å². The number of nitrogens with one attached hydrogen (secondary N) is 3. The van der Waals surface area contributed by atoms with Gasteiger partial charge in [0.05, 0.1) is 18.9 Å². The first-order valence-corrected chi connectivity index (χ1v) is 10.2. The van der Waals surface area contributed by atoms with Crippen LogP contribution in [0.25, 0.3) is 11.3 Å². The van der Waals surface area contributed by atoms with E-state index in [0.717, 1.165) is 56.1 Å². The van der Waals surface area contributed by atoms with Gasteiger partial charge in [0.25, 0.3) is 0 Å². The zero-order chi connectivity index (χ0) is 19.2. The van der Waals surface area contributed by atoms with Crippen molar-refractivity contribution in [3.63, 3.8) is 0 Å². The summed E-state index contributed by atoms with van der Waals surface area (Å²) in [5.41, 5.74) is 2.85. The molecular weight excluding hydrogens is 354 g/mol. The third kappa shape index (κ3) is 4.36. The Kier molecular flexibility index (Phi) is 5.92. The van der Waals surface area contributed by atoms with E-state index in [1.165, 1.54) is 19.3 Å². The Morgan fingerprint density at radius 1 is 1.11 bits per heavy atom. The molecule has 0 atom stereocenters. The van der Waals surface area contributed by atoms with Gasteiger partial charge in [-0.3, -0.25) is 10.00 Å². The maximum Gasteiger partial charge on any atom is 0.319 e. The number of carbonyl (C=O) groups excluding carboxylic acids is 1. The number of urea groups is 1. The van der Waals surface area contributed by atoms with E-state index < -0.39 is 0 Å². The van der Waals surface area contributed by atoms with Gasteiger partial charge in [-0.25, -0.2) is 4.79 Å². The van der Waals surface area contributed by atoms with Crippen molar-refractivity contribution in [1.82, 2.24) is 20.4 Å². The zero-order valence-corrected chi connectivity index (χ0v) is 16.2. The number of aromatic nitrogens is 2. The number of aromatic amines is 1. The highest BCUT2D eigenvalue weighted by Crippen LogP contribution is 2.33. The van der Waals surface area contributed by atoms with Gasteiger partial charge in [-0.2, -0.15) is 5.10 Å². The summed E-state index contributed by atoms with van der Waals surface area (Å²) in [6.07, 6.45) is 7.77. The molecule has 2 amide bonds. The second kappa shape index (κ2) is 8.75. The van der Waals surface area contributed by atoms with E-state index in [9.17, 15) is 4.79 Å². The van der Waals surface area contributed by atoms with Gasteiger partial charge in [0.1, 0.15) is 0 Å². The molecule has 2 fully saturated rings. The molecule has 2 heterocycles. The molecule has 2 aliphatic rings. The number of carbonyl (C=O) groups is 1. The standard InChI is InChI=1S/C21H29N5O2/c27-20(24-18-6-4-17(5-7-18)19-8-11-23-25-19)22-16-21(9-2-1-3-10-21)26-12-14-28-15-13-26/h4-8,11H,1-3,9-10,12-16H2,(H,23,25)(H2,22,24,27). The number of hydrogen-bond acceptors (Lipinski definition) is 4. The molecule has 28 heavy (non-hydrogen) atoms. The Bertz CT molecular complexity index is 748. The van der Waals surface area contributed by atoms with Crippen LogP contribution in [0.15, 0.2) is 36.5 Å². The number of benzene rings is 1. The SMILES string of the molecule is O=C(NCC1(N2CCOCC2)CCCCC1)Nc1ccc(-c2ccn[nH]2)cc1. The van der Waals surface area contributed by atoms with Gasteiger partial charge < -0.3 is 15.4 Å². The first kappa shape index (κ1) is 19.0. The zero-order valence-electron chi connectivity index (χ0n) is 16.2. The second-order valence-corrected chi connectivity index (χ2v) is 7.74. The highest BCUT2D eigenvalue weighted by molar-refractivity contribution is 5.89. The normalized spacial score (nSPS) is 19.9. The Hall–Kier alpha value is -2.38. The average Bonchev–Trinajstić information content (AvgIpc) is 3.29. The van der Waals surface area contributed by atoms with Crippen molar-refractivity contribution in [2.24, 2.45) is 0 Å². The minimum atomic E-state index is -0.146. The van der Waals surface area contributed by atoms with Crippen molar-refractivity contribution in [1.29, 1.82) is 0 Å². The van der Waals surface area contributed by atoms with Crippen LogP contribution < -0.4 is 10.6 Å². The molecule has 150 valence electrons. The van der Waals surface area contributed by atoms with Crippen molar-refractivity contribution < 1.29 is 9.53 Å². The van der Waals surface area contributed by atoms with Gasteiger partial charge in [0.15, 0.2) is 0 Å². The minimum absolute atomic E-state index is 0.0733. The quantitative estimate of drug-likeness (QED) is 0.740. The maximum absolute atomic E-state index is 12.5. The molecule has 0 unspecified atom stereocenters. The van der Waals surface area contributed by atoms with Gasteiger partial charge in [-0.05, 0) is 36.6 Å². The van der Waals surface area contributed by atoms with E-state index in [-0.39, 0.29) is 11.6 Å². The summed E-state index contributed by atoms with van der Waals surface area (Å²) in [5, 5.41) is 13.0. The Balaban J connectivity index is 1.34. The van der Waals surface area contributed by atoms with Crippen molar-refractivity contribution >= 4 is 11.7 Å². The minimum Gasteiger partial charge on any atom is -0.379 e. The molecule has 2 aromatic rings. The molecular formula is C21H29N5O2. The molecule has 1 aromatic heterocycles. The maximum atomic E-state index is 12.5. The molecule has 7 nitrogen and oxygen atoms in total. The largest absolute Gasteiger partial charge is 0.379 e. The smallest absolute Gasteiger partial charge is 0.319 e. The lowest BCUT2D eigenvalue weighted by atomic mass is 9.80. The third-order valence-electron chi connectivity index (χ3n) is 6.00. The monoisotopic (exact) mass is 383 g/mol. The van der Waals surface area contributed by atoms with Crippen LogP contribution in [0.2, 0.25) is 0 Å². The van der Waals surface area contributed by atoms with Crippen molar-refractivity contribution in [3.05, 3.63) is 36.5 Å². The summed E-state index contributed by atoms with van der Waals surface area (Å²) in [5.74, 6) is 0. The summed E-state index contributed by atoms with van der Waals surface area (Å²) >= 11 is 0. The predicted octanol–water partition coefficient (Wildman–Crippen LogP) is 3.23. The van der Waals surface area contributed by atoms with E-state index in [0.29, 0.717) is 6.54 Å². The lowest BCUT2D eigenvalue weighted by Crippen LogP contribution is -2.60. The molecule has 4 rings (SSSR count). The summed E-state index contributed by atoms with van der Waals surface area (Å²) in [7, 11) is 0. The summed E-state index contributed by atoms with van der Waals surface area (Å²) in [4.78, 5) is 15.0. The van der Waals surface area contributed by atoms with Gasteiger partial charge in [-0.15, -0.1) is 0 Å². The first-order valence-electron chi connectivity index (χ1n) is 10.2. The van der Waals surface area contributed by atoms with E-state index in [2.05, 4.69) is 25.7 Å². The molecule has 3 N–H and O–H groups in total. The fourth-order valence-electron chi connectivity index (χ4n) is 4.42.